The van der Waals surface area contributed by atoms with Crippen LogP contribution < -0.4 is 10.6 Å². The molecule has 2 N–H and O–H groups in total. The minimum Gasteiger partial charge on any atom is -0.450 e. The van der Waals surface area contributed by atoms with Crippen LogP contribution in [0.15, 0.2) is 65.1 Å². The summed E-state index contributed by atoms with van der Waals surface area (Å²) in [6.45, 7) is 2.03. The van der Waals surface area contributed by atoms with E-state index in [1.165, 1.54) is 11.3 Å². The number of anilines is 2. The number of benzene rings is 2. The zero-order chi connectivity index (χ0) is 20.2. The SMILES string of the molecule is CCOC(=O)Nc1ccc(NC(=O)c2ccc(-c3nc4ccccc4s3)o2)cc1. The van der Waals surface area contributed by atoms with Gasteiger partial charge in [0.05, 0.1) is 16.8 Å². The molecule has 8 heteroatoms. The predicted molar refractivity (Wildman–Crippen MR) is 112 cm³/mol. The van der Waals surface area contributed by atoms with Crippen LogP contribution in [0.3, 0.4) is 0 Å². The van der Waals surface area contributed by atoms with Crippen molar-refractivity contribution in [3.05, 3.63) is 66.4 Å². The summed E-state index contributed by atoms with van der Waals surface area (Å²) in [5.74, 6) is 0.363. The number of carbonyl (C=O) groups excluding carboxylic acids is 2. The van der Waals surface area contributed by atoms with Crippen molar-refractivity contribution in [2.24, 2.45) is 0 Å². The molecule has 0 radical (unpaired) electrons. The van der Waals surface area contributed by atoms with E-state index < -0.39 is 6.09 Å². The van der Waals surface area contributed by atoms with E-state index in [1.807, 2.05) is 24.3 Å². The number of fused-ring (bicyclic) bond motifs is 1. The van der Waals surface area contributed by atoms with Gasteiger partial charge in [0.2, 0.25) is 0 Å². The van der Waals surface area contributed by atoms with Crippen LogP contribution in [0.25, 0.3) is 21.0 Å². The second-order valence-corrected chi connectivity index (χ2v) is 7.06. The number of rotatable bonds is 5. The molecule has 0 unspecified atom stereocenters. The second-order valence-electron chi connectivity index (χ2n) is 6.03. The Hall–Kier alpha value is -3.65. The summed E-state index contributed by atoms with van der Waals surface area (Å²) >= 11 is 1.51. The lowest BCUT2D eigenvalue weighted by Crippen LogP contribution is -2.13. The monoisotopic (exact) mass is 407 g/mol. The highest BCUT2D eigenvalue weighted by molar-refractivity contribution is 7.21. The number of hydrogen-bond acceptors (Lipinski definition) is 6. The predicted octanol–water partition coefficient (Wildman–Crippen LogP) is 5.38. The maximum Gasteiger partial charge on any atom is 0.411 e. The number of para-hydroxylation sites is 1. The molecule has 0 aliphatic rings. The summed E-state index contributed by atoms with van der Waals surface area (Å²) in [6.07, 6.45) is -0.526. The summed E-state index contributed by atoms with van der Waals surface area (Å²) in [4.78, 5) is 28.4. The van der Waals surface area contributed by atoms with Crippen LogP contribution in [0, 0.1) is 0 Å². The van der Waals surface area contributed by atoms with E-state index in [1.54, 1.807) is 43.3 Å². The molecular weight excluding hydrogens is 390 g/mol. The van der Waals surface area contributed by atoms with E-state index in [0.717, 1.165) is 15.2 Å². The average molecular weight is 407 g/mol. The molecule has 0 saturated carbocycles. The molecule has 0 aliphatic heterocycles. The third-order valence-electron chi connectivity index (χ3n) is 4.00. The molecule has 7 nitrogen and oxygen atoms in total. The molecule has 4 aromatic rings. The smallest absolute Gasteiger partial charge is 0.411 e. The number of nitrogens with zero attached hydrogens (tertiary/aromatic N) is 1. The Bertz CT molecular complexity index is 1130. The van der Waals surface area contributed by atoms with Crippen LogP contribution in [-0.4, -0.2) is 23.6 Å². The van der Waals surface area contributed by atoms with Gasteiger partial charge in [0.25, 0.3) is 5.91 Å². The average Bonchev–Trinajstić information content (AvgIpc) is 3.36. The number of carbonyl (C=O) groups is 2. The normalized spacial score (nSPS) is 10.7. The van der Waals surface area contributed by atoms with Crippen LogP contribution in [0.4, 0.5) is 16.2 Å². The number of ether oxygens (including phenoxy) is 1. The summed E-state index contributed by atoms with van der Waals surface area (Å²) in [5.41, 5.74) is 2.03. The Morgan fingerprint density at radius 3 is 2.45 bits per heavy atom. The molecular formula is C21H17N3O4S. The molecule has 0 saturated heterocycles. The van der Waals surface area contributed by atoms with Gasteiger partial charge in [0.15, 0.2) is 16.5 Å². The van der Waals surface area contributed by atoms with Gasteiger partial charge >= 0.3 is 6.09 Å². The second kappa shape index (κ2) is 8.15. The molecule has 2 aromatic heterocycles. The summed E-state index contributed by atoms with van der Waals surface area (Å²) in [7, 11) is 0. The van der Waals surface area contributed by atoms with E-state index in [-0.39, 0.29) is 11.7 Å². The largest absolute Gasteiger partial charge is 0.450 e. The van der Waals surface area contributed by atoms with Gasteiger partial charge in [0.1, 0.15) is 0 Å². The van der Waals surface area contributed by atoms with Crippen molar-refractivity contribution < 1.29 is 18.7 Å². The van der Waals surface area contributed by atoms with Gasteiger partial charge in [-0.3, -0.25) is 10.1 Å². The molecule has 0 aliphatic carbocycles. The van der Waals surface area contributed by atoms with E-state index in [2.05, 4.69) is 15.6 Å². The lowest BCUT2D eigenvalue weighted by molar-refractivity contribution is 0.0997. The van der Waals surface area contributed by atoms with Crippen molar-refractivity contribution in [3.8, 4) is 10.8 Å². The van der Waals surface area contributed by atoms with Crippen LogP contribution >= 0.6 is 11.3 Å². The van der Waals surface area contributed by atoms with Crippen LogP contribution in [-0.2, 0) is 4.74 Å². The van der Waals surface area contributed by atoms with Gasteiger partial charge in [-0.25, -0.2) is 9.78 Å². The fraction of sp³-hybridized carbons (Fsp3) is 0.0952. The highest BCUT2D eigenvalue weighted by Gasteiger charge is 2.15. The number of hydrogen-bond donors (Lipinski definition) is 2. The fourth-order valence-electron chi connectivity index (χ4n) is 2.67. The highest BCUT2D eigenvalue weighted by atomic mass is 32.1. The van der Waals surface area contributed by atoms with Crippen molar-refractivity contribution in [2.45, 2.75) is 6.92 Å². The van der Waals surface area contributed by atoms with Gasteiger partial charge in [-0.05, 0) is 55.5 Å². The Morgan fingerprint density at radius 2 is 1.72 bits per heavy atom. The zero-order valence-corrected chi connectivity index (χ0v) is 16.3. The number of furan rings is 1. The van der Waals surface area contributed by atoms with Gasteiger partial charge in [0, 0.05) is 11.4 Å². The Labute approximate surface area is 170 Å². The molecule has 2 heterocycles. The molecule has 0 spiro atoms. The molecule has 0 fully saturated rings. The van der Waals surface area contributed by atoms with Crippen molar-refractivity contribution in [1.29, 1.82) is 0 Å². The number of aromatic nitrogens is 1. The first-order valence-corrected chi connectivity index (χ1v) is 9.75. The first-order chi connectivity index (χ1) is 14.1. The highest BCUT2D eigenvalue weighted by Crippen LogP contribution is 2.31. The van der Waals surface area contributed by atoms with Crippen molar-refractivity contribution in [2.75, 3.05) is 17.2 Å². The summed E-state index contributed by atoms with van der Waals surface area (Å²) < 4.78 is 11.6. The third kappa shape index (κ3) is 4.27. The lowest BCUT2D eigenvalue weighted by atomic mass is 10.2. The minimum absolute atomic E-state index is 0.188. The van der Waals surface area contributed by atoms with Gasteiger partial charge in [-0.2, -0.15) is 0 Å². The third-order valence-corrected chi connectivity index (χ3v) is 5.05. The van der Waals surface area contributed by atoms with Gasteiger partial charge < -0.3 is 14.5 Å². The van der Waals surface area contributed by atoms with Gasteiger partial charge in [-0.15, -0.1) is 11.3 Å². The van der Waals surface area contributed by atoms with E-state index in [9.17, 15) is 9.59 Å². The van der Waals surface area contributed by atoms with Crippen molar-refractivity contribution in [1.82, 2.24) is 4.98 Å². The van der Waals surface area contributed by atoms with Crippen molar-refractivity contribution in [3.63, 3.8) is 0 Å². The molecule has 2 aromatic carbocycles. The Balaban J connectivity index is 1.43. The minimum atomic E-state index is -0.526. The fourth-order valence-corrected chi connectivity index (χ4v) is 3.59. The number of nitrogens with one attached hydrogen (secondary N) is 2. The first kappa shape index (κ1) is 18.7. The van der Waals surface area contributed by atoms with Crippen LogP contribution in [0.5, 0.6) is 0 Å². The molecule has 0 atom stereocenters. The Kier molecular flexibility index (Phi) is 5.26. The van der Waals surface area contributed by atoms with Crippen LogP contribution in [0.1, 0.15) is 17.5 Å². The Morgan fingerprint density at radius 1 is 1.00 bits per heavy atom. The van der Waals surface area contributed by atoms with Crippen molar-refractivity contribution >= 4 is 44.9 Å². The quantitative estimate of drug-likeness (QED) is 0.463. The number of amides is 2. The maximum absolute atomic E-state index is 12.5. The zero-order valence-electron chi connectivity index (χ0n) is 15.5. The van der Waals surface area contributed by atoms with E-state index >= 15 is 0 Å². The summed E-state index contributed by atoms with van der Waals surface area (Å²) in [5, 5.41) is 6.07. The van der Waals surface area contributed by atoms with E-state index in [0.29, 0.717) is 23.7 Å². The first-order valence-electron chi connectivity index (χ1n) is 8.93. The number of thiazole rings is 1. The molecule has 146 valence electrons. The molecule has 4 rings (SSSR count). The topological polar surface area (TPSA) is 93.5 Å². The summed E-state index contributed by atoms with van der Waals surface area (Å²) in [6, 6.07) is 17.9. The van der Waals surface area contributed by atoms with Crippen LogP contribution in [0.2, 0.25) is 0 Å². The van der Waals surface area contributed by atoms with Gasteiger partial charge in [-0.1, -0.05) is 12.1 Å². The maximum atomic E-state index is 12.5. The van der Waals surface area contributed by atoms with E-state index in [4.69, 9.17) is 9.15 Å². The lowest BCUT2D eigenvalue weighted by Gasteiger charge is -2.07. The molecule has 0 bridgehead atoms. The molecule has 2 amide bonds. The standard InChI is InChI=1S/C21H17N3O4S/c1-2-27-21(26)23-14-9-7-13(8-10-14)22-19(25)16-11-12-17(28-16)20-24-15-5-3-4-6-18(15)29-20/h3-12H,2H2,1H3,(H,22,25)(H,23,26). The molecule has 29 heavy (non-hydrogen) atoms.